The largest absolute Gasteiger partial charge is 0.490 e. The van der Waals surface area contributed by atoms with Crippen molar-refractivity contribution in [2.45, 2.75) is 20.0 Å². The monoisotopic (exact) mass is 320 g/mol. The Morgan fingerprint density at radius 2 is 1.74 bits per heavy atom. The van der Waals surface area contributed by atoms with E-state index in [9.17, 15) is 0 Å². The Kier molecular flexibility index (Phi) is 5.28. The van der Waals surface area contributed by atoms with Gasteiger partial charge in [0, 0.05) is 4.47 Å². The molecule has 0 radical (unpaired) electrons. The van der Waals surface area contributed by atoms with Gasteiger partial charge >= 0.3 is 0 Å². The number of benzene rings is 2. The molecule has 2 aromatic carbocycles. The Morgan fingerprint density at radius 3 is 2.47 bits per heavy atom. The van der Waals surface area contributed by atoms with Gasteiger partial charge in [0.05, 0.1) is 6.61 Å². The molecule has 0 unspecified atom stereocenters. The highest BCUT2D eigenvalue weighted by Crippen LogP contribution is 2.31. The van der Waals surface area contributed by atoms with Crippen LogP contribution in [0.2, 0.25) is 0 Å². The third-order valence-corrected chi connectivity index (χ3v) is 3.10. The van der Waals surface area contributed by atoms with E-state index in [2.05, 4.69) is 22.9 Å². The van der Waals surface area contributed by atoms with E-state index in [4.69, 9.17) is 9.47 Å². The van der Waals surface area contributed by atoms with Crippen molar-refractivity contribution in [3.05, 3.63) is 58.6 Å². The molecule has 0 heterocycles. The van der Waals surface area contributed by atoms with Crippen LogP contribution in [0.1, 0.15) is 18.9 Å². The van der Waals surface area contributed by atoms with Gasteiger partial charge in [-0.1, -0.05) is 53.2 Å². The molecule has 0 bridgehead atoms. The Bertz CT molecular complexity index is 511. The third-order valence-electron chi connectivity index (χ3n) is 2.60. The second kappa shape index (κ2) is 7.19. The minimum absolute atomic E-state index is 0.541. The molecule has 100 valence electrons. The van der Waals surface area contributed by atoms with Crippen LogP contribution in [0.15, 0.2) is 53.0 Å². The standard InChI is InChI=1S/C16H17BrO2/c1-2-10-18-15-9-8-14(17)11-16(15)19-12-13-6-4-3-5-7-13/h3-9,11H,2,10,12H2,1H3. The Morgan fingerprint density at radius 1 is 0.947 bits per heavy atom. The quantitative estimate of drug-likeness (QED) is 0.759. The lowest BCUT2D eigenvalue weighted by Crippen LogP contribution is -2.00. The maximum absolute atomic E-state index is 5.85. The van der Waals surface area contributed by atoms with Crippen molar-refractivity contribution >= 4 is 15.9 Å². The predicted octanol–water partition coefficient (Wildman–Crippen LogP) is 4.82. The topological polar surface area (TPSA) is 18.5 Å². The van der Waals surface area contributed by atoms with Gasteiger partial charge in [0.25, 0.3) is 0 Å². The summed E-state index contributed by atoms with van der Waals surface area (Å²) in [6.45, 7) is 3.33. The lowest BCUT2D eigenvalue weighted by Gasteiger charge is -2.12. The molecule has 2 rings (SSSR count). The summed E-state index contributed by atoms with van der Waals surface area (Å²) in [6.07, 6.45) is 0.980. The Balaban J connectivity index is 2.07. The van der Waals surface area contributed by atoms with Crippen LogP contribution in [0.5, 0.6) is 11.5 Å². The fourth-order valence-electron chi connectivity index (χ4n) is 1.66. The summed E-state index contributed by atoms with van der Waals surface area (Å²) < 4.78 is 12.5. The van der Waals surface area contributed by atoms with E-state index < -0.39 is 0 Å². The first-order chi connectivity index (χ1) is 9.29. The molecular weight excluding hydrogens is 304 g/mol. The van der Waals surface area contributed by atoms with Crippen LogP contribution in [-0.4, -0.2) is 6.61 Å². The van der Waals surface area contributed by atoms with Gasteiger partial charge in [-0.2, -0.15) is 0 Å². The predicted molar refractivity (Wildman–Crippen MR) is 80.7 cm³/mol. The molecule has 0 fully saturated rings. The molecular formula is C16H17BrO2. The van der Waals surface area contributed by atoms with Crippen molar-refractivity contribution in [3.8, 4) is 11.5 Å². The minimum Gasteiger partial charge on any atom is -0.490 e. The summed E-state index contributed by atoms with van der Waals surface area (Å²) in [6, 6.07) is 15.9. The summed E-state index contributed by atoms with van der Waals surface area (Å²) in [5.41, 5.74) is 1.14. The third kappa shape index (κ3) is 4.28. The molecule has 0 spiro atoms. The van der Waals surface area contributed by atoms with Gasteiger partial charge in [0.2, 0.25) is 0 Å². The molecule has 2 aromatic rings. The van der Waals surface area contributed by atoms with Crippen molar-refractivity contribution < 1.29 is 9.47 Å². The second-order valence-corrected chi connectivity index (χ2v) is 5.13. The van der Waals surface area contributed by atoms with Crippen LogP contribution in [0.25, 0.3) is 0 Å². The summed E-state index contributed by atoms with van der Waals surface area (Å²) in [5.74, 6) is 1.56. The zero-order valence-electron chi connectivity index (χ0n) is 10.9. The molecule has 0 aliphatic rings. The molecule has 0 saturated heterocycles. The van der Waals surface area contributed by atoms with Crippen LogP contribution >= 0.6 is 15.9 Å². The smallest absolute Gasteiger partial charge is 0.162 e. The van der Waals surface area contributed by atoms with E-state index in [1.54, 1.807) is 0 Å². The maximum atomic E-state index is 5.85. The molecule has 0 aliphatic carbocycles. The number of hydrogen-bond acceptors (Lipinski definition) is 2. The summed E-state index contributed by atoms with van der Waals surface area (Å²) in [7, 11) is 0. The first kappa shape index (κ1) is 13.9. The van der Waals surface area contributed by atoms with Crippen molar-refractivity contribution in [1.82, 2.24) is 0 Å². The first-order valence-corrected chi connectivity index (χ1v) is 7.18. The van der Waals surface area contributed by atoms with Crippen molar-refractivity contribution in [2.24, 2.45) is 0 Å². The van der Waals surface area contributed by atoms with Crippen LogP contribution in [0.3, 0.4) is 0 Å². The highest BCUT2D eigenvalue weighted by atomic mass is 79.9. The number of hydrogen-bond donors (Lipinski definition) is 0. The molecule has 0 aliphatic heterocycles. The normalized spacial score (nSPS) is 10.2. The summed E-state index contributed by atoms with van der Waals surface area (Å²) in [4.78, 5) is 0. The molecule has 0 amide bonds. The van der Waals surface area contributed by atoms with E-state index in [0.717, 1.165) is 28.0 Å². The fraction of sp³-hybridized carbons (Fsp3) is 0.250. The molecule has 0 saturated carbocycles. The number of halogens is 1. The van der Waals surface area contributed by atoms with Crippen LogP contribution in [0, 0.1) is 0 Å². The van der Waals surface area contributed by atoms with Crippen LogP contribution in [-0.2, 0) is 6.61 Å². The molecule has 3 heteroatoms. The van der Waals surface area contributed by atoms with Gasteiger partial charge in [-0.15, -0.1) is 0 Å². The molecule has 0 atom stereocenters. The molecule has 0 N–H and O–H groups in total. The molecule has 19 heavy (non-hydrogen) atoms. The van der Waals surface area contributed by atoms with E-state index >= 15 is 0 Å². The second-order valence-electron chi connectivity index (χ2n) is 4.21. The lowest BCUT2D eigenvalue weighted by molar-refractivity contribution is 0.261. The maximum Gasteiger partial charge on any atom is 0.162 e. The number of ether oxygens (including phenoxy) is 2. The zero-order chi connectivity index (χ0) is 13.5. The fourth-order valence-corrected chi connectivity index (χ4v) is 2.00. The average molecular weight is 321 g/mol. The van der Waals surface area contributed by atoms with Crippen molar-refractivity contribution in [3.63, 3.8) is 0 Å². The van der Waals surface area contributed by atoms with Gasteiger partial charge < -0.3 is 9.47 Å². The Hall–Kier alpha value is -1.48. The minimum atomic E-state index is 0.541. The van der Waals surface area contributed by atoms with Gasteiger partial charge in [-0.25, -0.2) is 0 Å². The van der Waals surface area contributed by atoms with Gasteiger partial charge in [-0.3, -0.25) is 0 Å². The van der Waals surface area contributed by atoms with Gasteiger partial charge in [0.15, 0.2) is 11.5 Å². The van der Waals surface area contributed by atoms with Gasteiger partial charge in [0.1, 0.15) is 6.61 Å². The SMILES string of the molecule is CCCOc1ccc(Br)cc1OCc1ccccc1. The average Bonchev–Trinajstić information content (AvgIpc) is 2.45. The summed E-state index contributed by atoms with van der Waals surface area (Å²) >= 11 is 3.46. The number of rotatable bonds is 6. The van der Waals surface area contributed by atoms with Crippen molar-refractivity contribution in [1.29, 1.82) is 0 Å². The summed E-state index contributed by atoms with van der Waals surface area (Å²) in [5, 5.41) is 0. The van der Waals surface area contributed by atoms with Crippen LogP contribution < -0.4 is 9.47 Å². The van der Waals surface area contributed by atoms with E-state index in [0.29, 0.717) is 13.2 Å². The highest BCUT2D eigenvalue weighted by molar-refractivity contribution is 9.10. The molecule has 0 aromatic heterocycles. The Labute approximate surface area is 122 Å². The van der Waals surface area contributed by atoms with Gasteiger partial charge in [-0.05, 0) is 30.2 Å². The van der Waals surface area contributed by atoms with Crippen molar-refractivity contribution in [2.75, 3.05) is 6.61 Å². The van der Waals surface area contributed by atoms with E-state index in [1.807, 2.05) is 48.5 Å². The van der Waals surface area contributed by atoms with E-state index in [-0.39, 0.29) is 0 Å². The van der Waals surface area contributed by atoms with E-state index in [1.165, 1.54) is 0 Å². The van der Waals surface area contributed by atoms with Crippen LogP contribution in [0.4, 0.5) is 0 Å². The first-order valence-electron chi connectivity index (χ1n) is 6.38. The zero-order valence-corrected chi connectivity index (χ0v) is 12.5. The highest BCUT2D eigenvalue weighted by Gasteiger charge is 2.06. The molecule has 2 nitrogen and oxygen atoms in total. The lowest BCUT2D eigenvalue weighted by atomic mass is 10.2.